The Labute approximate surface area is 177 Å². The quantitative estimate of drug-likeness (QED) is 0.133. The van der Waals surface area contributed by atoms with Crippen molar-refractivity contribution in [3.8, 4) is 0 Å². The van der Waals surface area contributed by atoms with Gasteiger partial charge in [-0.05, 0) is 27.7 Å². The van der Waals surface area contributed by atoms with E-state index in [1.807, 2.05) is 0 Å². The minimum atomic E-state index is -7.05. The van der Waals surface area contributed by atoms with Crippen LogP contribution in [0.2, 0.25) is 0 Å². The van der Waals surface area contributed by atoms with Crippen molar-refractivity contribution in [3.05, 3.63) is 0 Å². The van der Waals surface area contributed by atoms with Crippen LogP contribution in [0.4, 0.5) is 13.2 Å². The number of ketones is 4. The Morgan fingerprint density at radius 2 is 1.19 bits per heavy atom. The molecule has 0 amide bonds. The first-order chi connectivity index (χ1) is 14.0. The van der Waals surface area contributed by atoms with Gasteiger partial charge in [0.1, 0.15) is 0 Å². The van der Waals surface area contributed by atoms with Crippen LogP contribution in [0.3, 0.4) is 0 Å². The van der Waals surface area contributed by atoms with Gasteiger partial charge in [0.25, 0.3) is 0 Å². The number of Topliss-reactive ketones (excluding diaryl/α,β-unsaturated/α-hetero) is 4. The fourth-order valence-corrected chi connectivity index (χ4v) is 4.10. The second-order valence-electron chi connectivity index (χ2n) is 7.01. The van der Waals surface area contributed by atoms with Crippen LogP contribution in [0.1, 0.15) is 27.7 Å². The van der Waals surface area contributed by atoms with Crippen LogP contribution in [-0.2, 0) is 38.2 Å². The highest BCUT2D eigenvalue weighted by atomic mass is 32.2. The SMILES string of the molecule is CC(=O)[C@@]1(O)[C@](O)(C(C)=O)[C@@](O)(OS(=O)(=O)C(F)(F)F)O[C@@](CO)(C(C)=O)[C@]1(O)C(C)=O. The zero-order valence-corrected chi connectivity index (χ0v) is 17.6. The molecule has 0 spiro atoms. The van der Waals surface area contributed by atoms with E-state index in [-0.39, 0.29) is 13.8 Å². The van der Waals surface area contributed by atoms with E-state index in [1.165, 1.54) is 0 Å². The summed E-state index contributed by atoms with van der Waals surface area (Å²) >= 11 is 0. The van der Waals surface area contributed by atoms with E-state index < -0.39 is 73.7 Å². The van der Waals surface area contributed by atoms with Crippen molar-refractivity contribution in [3.63, 3.8) is 0 Å². The van der Waals surface area contributed by atoms with Gasteiger partial charge in [0, 0.05) is 0 Å². The minimum Gasteiger partial charge on any atom is -0.393 e. The number of hydrogen-bond acceptors (Lipinski definition) is 13. The number of ether oxygens (including phenoxy) is 1. The van der Waals surface area contributed by atoms with Crippen molar-refractivity contribution in [2.75, 3.05) is 6.61 Å². The smallest absolute Gasteiger partial charge is 0.393 e. The highest BCUT2D eigenvalue weighted by Crippen LogP contribution is 2.55. The van der Waals surface area contributed by atoms with E-state index in [4.69, 9.17) is 0 Å². The van der Waals surface area contributed by atoms with Crippen LogP contribution in [0.5, 0.6) is 0 Å². The third-order valence-electron chi connectivity index (χ3n) is 5.23. The highest BCUT2D eigenvalue weighted by Gasteiger charge is 2.89. The fraction of sp³-hybridized carbons (Fsp3) is 0.733. The second-order valence-corrected chi connectivity index (χ2v) is 8.55. The van der Waals surface area contributed by atoms with Crippen LogP contribution in [0.15, 0.2) is 0 Å². The standard InChI is InChI=1S/C15H19F3O13S/c1-6(20)10(5-19)11(24,7(2)21)12(25,8(3)22)13(26,9(4)23)14(27,30-10)31-32(28,29)15(16,17)18/h19,24-27H,5H2,1-4H3/t10-,11+,12-,13+,14-/m0/s1. The summed E-state index contributed by atoms with van der Waals surface area (Å²) in [5, 5.41) is 53.2. The second kappa shape index (κ2) is 7.59. The molecule has 1 aliphatic heterocycles. The third-order valence-corrected chi connectivity index (χ3v) is 6.24. The molecule has 0 aliphatic carbocycles. The molecule has 5 atom stereocenters. The van der Waals surface area contributed by atoms with Crippen LogP contribution < -0.4 is 0 Å². The number of aliphatic hydroxyl groups excluding tert-OH is 1. The van der Waals surface area contributed by atoms with Gasteiger partial charge in [-0.25, -0.2) is 0 Å². The maximum absolute atomic E-state index is 12.9. The average molecular weight is 496 g/mol. The van der Waals surface area contributed by atoms with Gasteiger partial charge in [-0.2, -0.15) is 25.8 Å². The Morgan fingerprint density at radius 1 is 0.812 bits per heavy atom. The van der Waals surface area contributed by atoms with E-state index in [0.29, 0.717) is 13.8 Å². The van der Waals surface area contributed by atoms with Gasteiger partial charge in [-0.15, -0.1) is 0 Å². The molecule has 0 aromatic rings. The first-order valence-electron chi connectivity index (χ1n) is 8.26. The van der Waals surface area contributed by atoms with Gasteiger partial charge >= 0.3 is 21.6 Å². The van der Waals surface area contributed by atoms with E-state index >= 15 is 0 Å². The Morgan fingerprint density at radius 3 is 1.44 bits per heavy atom. The Hall–Kier alpha value is -1.86. The van der Waals surface area contributed by atoms with Crippen LogP contribution in [0, 0.1) is 0 Å². The first kappa shape index (κ1) is 28.2. The summed E-state index contributed by atoms with van der Waals surface area (Å²) < 4.78 is 69.5. The first-order valence-corrected chi connectivity index (χ1v) is 9.67. The van der Waals surface area contributed by atoms with Gasteiger partial charge in [0.05, 0.1) is 6.61 Å². The molecule has 0 radical (unpaired) electrons. The molecule has 0 bridgehead atoms. The van der Waals surface area contributed by atoms with Crippen LogP contribution in [0.25, 0.3) is 0 Å². The predicted molar refractivity (Wildman–Crippen MR) is 89.5 cm³/mol. The third kappa shape index (κ3) is 3.07. The van der Waals surface area contributed by atoms with Gasteiger partial charge in [-0.3, -0.25) is 19.2 Å². The van der Waals surface area contributed by atoms with Gasteiger partial charge in [0.2, 0.25) is 16.8 Å². The lowest BCUT2D eigenvalue weighted by atomic mass is 9.55. The summed E-state index contributed by atoms with van der Waals surface area (Å²) in [4.78, 5) is 49.2. The van der Waals surface area contributed by atoms with Crippen molar-refractivity contribution < 1.29 is 75.2 Å². The summed E-state index contributed by atoms with van der Waals surface area (Å²) in [5.74, 6) is -12.9. The summed E-state index contributed by atoms with van der Waals surface area (Å²) in [7, 11) is -7.05. The molecule has 1 rings (SSSR count). The Kier molecular flexibility index (Phi) is 6.68. The lowest BCUT2D eigenvalue weighted by Crippen LogP contribution is -2.94. The lowest BCUT2D eigenvalue weighted by Gasteiger charge is -2.62. The molecule has 5 N–H and O–H groups in total. The molecule has 1 fully saturated rings. The number of alkyl halides is 3. The normalized spacial score (nSPS) is 38.2. The van der Waals surface area contributed by atoms with E-state index in [0.717, 1.165) is 0 Å². The summed E-state index contributed by atoms with van der Waals surface area (Å²) in [6, 6.07) is 0. The average Bonchev–Trinajstić information content (AvgIpc) is 2.60. The van der Waals surface area contributed by atoms with Crippen LogP contribution >= 0.6 is 0 Å². The molecule has 0 saturated carbocycles. The fourth-order valence-electron chi connectivity index (χ4n) is 3.55. The lowest BCUT2D eigenvalue weighted by molar-refractivity contribution is -0.480. The van der Waals surface area contributed by atoms with Crippen LogP contribution in [-0.4, -0.2) is 97.6 Å². The molecule has 13 nitrogen and oxygen atoms in total. The predicted octanol–water partition coefficient (Wildman–Crippen LogP) is -3.19. The molecule has 1 heterocycles. The molecule has 1 saturated heterocycles. The summed E-state index contributed by atoms with van der Waals surface area (Å²) in [5.41, 5.74) is -23.6. The number of carbonyl (C=O) groups excluding carboxylic acids is 4. The Bertz CT molecular complexity index is 978. The van der Waals surface area contributed by atoms with E-state index in [1.54, 1.807) is 0 Å². The van der Waals surface area contributed by atoms with Crippen molar-refractivity contribution in [2.24, 2.45) is 0 Å². The number of hydrogen-bond donors (Lipinski definition) is 5. The molecule has 17 heteroatoms. The maximum atomic E-state index is 12.9. The highest BCUT2D eigenvalue weighted by molar-refractivity contribution is 7.87. The van der Waals surface area contributed by atoms with Crippen molar-refractivity contribution in [2.45, 2.75) is 61.6 Å². The van der Waals surface area contributed by atoms with E-state index in [9.17, 15) is 66.3 Å². The maximum Gasteiger partial charge on any atom is 0.523 e. The number of carbonyl (C=O) groups is 4. The van der Waals surface area contributed by atoms with Gasteiger partial charge in [-0.1, -0.05) is 0 Å². The largest absolute Gasteiger partial charge is 0.523 e. The van der Waals surface area contributed by atoms with Gasteiger partial charge < -0.3 is 30.3 Å². The minimum absolute atomic E-state index is 0.173. The molecule has 184 valence electrons. The summed E-state index contributed by atoms with van der Waals surface area (Å²) in [6.07, 6.45) is 0. The van der Waals surface area contributed by atoms with Gasteiger partial charge in [0.15, 0.2) is 28.7 Å². The van der Waals surface area contributed by atoms with Crippen molar-refractivity contribution in [1.29, 1.82) is 0 Å². The number of aliphatic hydroxyl groups is 5. The van der Waals surface area contributed by atoms with Crippen molar-refractivity contribution in [1.82, 2.24) is 0 Å². The number of halogens is 3. The molecular formula is C15H19F3O13S. The Balaban J connectivity index is 4.35. The number of rotatable bonds is 7. The molecule has 0 aromatic carbocycles. The molecule has 1 aliphatic rings. The topological polar surface area (TPSA) is 222 Å². The molecule has 32 heavy (non-hydrogen) atoms. The molecule has 0 aromatic heterocycles. The molecular weight excluding hydrogens is 477 g/mol. The van der Waals surface area contributed by atoms with E-state index in [2.05, 4.69) is 8.92 Å². The molecule has 0 unspecified atom stereocenters. The monoisotopic (exact) mass is 496 g/mol. The van der Waals surface area contributed by atoms with Crippen molar-refractivity contribution >= 4 is 33.3 Å². The zero-order valence-electron chi connectivity index (χ0n) is 16.8. The summed E-state index contributed by atoms with van der Waals surface area (Å²) in [6.45, 7) is -0.871. The zero-order chi connectivity index (χ0) is 25.9.